The highest BCUT2D eigenvalue weighted by Crippen LogP contribution is 2.34. The molecule has 1 aliphatic carbocycles. The van der Waals surface area contributed by atoms with Gasteiger partial charge < -0.3 is 4.74 Å². The first-order chi connectivity index (χ1) is 13.2. The quantitative estimate of drug-likeness (QED) is 0.624. The molecule has 4 nitrogen and oxygen atoms in total. The van der Waals surface area contributed by atoms with Crippen LogP contribution in [0.1, 0.15) is 46.4 Å². The number of methoxy groups -OCH3 is 1. The van der Waals surface area contributed by atoms with E-state index >= 15 is 0 Å². The van der Waals surface area contributed by atoms with Crippen LogP contribution in [-0.4, -0.2) is 22.9 Å². The van der Waals surface area contributed by atoms with Crippen LogP contribution in [0.5, 0.6) is 5.88 Å². The van der Waals surface area contributed by atoms with Gasteiger partial charge in [0, 0.05) is 42.1 Å². The van der Waals surface area contributed by atoms with Gasteiger partial charge in [-0.3, -0.25) is 9.78 Å². The van der Waals surface area contributed by atoms with Gasteiger partial charge >= 0.3 is 0 Å². The number of carbonyl (C=O) groups is 1. The molecule has 4 rings (SSSR count). The van der Waals surface area contributed by atoms with E-state index in [0.29, 0.717) is 12.3 Å². The summed E-state index contributed by atoms with van der Waals surface area (Å²) in [6.07, 6.45) is 6.12. The first-order valence-electron chi connectivity index (χ1n) is 9.26. The Bertz CT molecular complexity index is 997. The van der Waals surface area contributed by atoms with Crippen molar-refractivity contribution in [2.75, 3.05) is 7.11 Å². The normalized spacial score (nSPS) is 13.4. The summed E-state index contributed by atoms with van der Waals surface area (Å²) in [5, 5.41) is 0. The number of Topliss-reactive ketones (excluding diaryl/α,β-unsaturated/α-hetero) is 1. The molecule has 0 aliphatic heterocycles. The molecule has 0 saturated heterocycles. The zero-order chi connectivity index (χ0) is 18.8. The van der Waals surface area contributed by atoms with E-state index in [4.69, 9.17) is 4.74 Å². The highest BCUT2D eigenvalue weighted by Gasteiger charge is 2.19. The van der Waals surface area contributed by atoms with Crippen LogP contribution in [-0.2, 0) is 12.8 Å². The fourth-order valence-corrected chi connectivity index (χ4v) is 3.71. The van der Waals surface area contributed by atoms with Crippen molar-refractivity contribution in [1.82, 2.24) is 9.97 Å². The van der Waals surface area contributed by atoms with E-state index < -0.39 is 0 Å². The predicted octanol–water partition coefficient (Wildman–Crippen LogP) is 4.63. The number of aromatic nitrogens is 2. The number of fused-ring (bicyclic) bond motifs is 3. The van der Waals surface area contributed by atoms with Crippen molar-refractivity contribution in [1.29, 1.82) is 0 Å². The van der Waals surface area contributed by atoms with Crippen LogP contribution in [0.4, 0.5) is 0 Å². The lowest BCUT2D eigenvalue weighted by atomic mass is 9.85. The number of pyridine rings is 2. The maximum Gasteiger partial charge on any atom is 0.213 e. The van der Waals surface area contributed by atoms with Crippen molar-refractivity contribution in [3.8, 4) is 17.0 Å². The number of nitrogens with zero attached hydrogens (tertiary/aromatic N) is 2. The van der Waals surface area contributed by atoms with Crippen LogP contribution in [0.2, 0.25) is 0 Å². The van der Waals surface area contributed by atoms with Crippen molar-refractivity contribution in [3.63, 3.8) is 0 Å². The zero-order valence-corrected chi connectivity index (χ0v) is 15.6. The van der Waals surface area contributed by atoms with E-state index in [-0.39, 0.29) is 11.7 Å². The topological polar surface area (TPSA) is 52.1 Å². The monoisotopic (exact) mass is 358 g/mol. The van der Waals surface area contributed by atoms with Gasteiger partial charge in [-0.25, -0.2) is 4.98 Å². The third kappa shape index (κ3) is 3.47. The smallest absolute Gasteiger partial charge is 0.213 e. The molecule has 2 heterocycles. The lowest BCUT2D eigenvalue weighted by Crippen LogP contribution is -2.09. The van der Waals surface area contributed by atoms with Gasteiger partial charge in [0.05, 0.1) is 7.11 Å². The van der Waals surface area contributed by atoms with Crippen molar-refractivity contribution >= 4 is 5.78 Å². The number of benzene rings is 1. The second kappa shape index (κ2) is 7.31. The summed E-state index contributed by atoms with van der Waals surface area (Å²) in [5.41, 5.74) is 6.63. The summed E-state index contributed by atoms with van der Waals surface area (Å²) < 4.78 is 5.19. The fourth-order valence-electron chi connectivity index (χ4n) is 3.71. The van der Waals surface area contributed by atoms with Gasteiger partial charge in [0.15, 0.2) is 5.78 Å². The molecule has 0 bridgehead atoms. The Labute approximate surface area is 159 Å². The highest BCUT2D eigenvalue weighted by atomic mass is 16.5. The largest absolute Gasteiger partial charge is 0.481 e. The van der Waals surface area contributed by atoms with Crippen molar-refractivity contribution < 1.29 is 9.53 Å². The minimum atomic E-state index is 0.0374. The molecule has 0 saturated carbocycles. The van der Waals surface area contributed by atoms with E-state index in [0.717, 1.165) is 24.1 Å². The first kappa shape index (κ1) is 17.4. The number of hydrogen-bond acceptors (Lipinski definition) is 4. The Hall–Kier alpha value is -3.01. The van der Waals surface area contributed by atoms with E-state index in [1.165, 1.54) is 22.3 Å². The Morgan fingerprint density at radius 3 is 2.78 bits per heavy atom. The molecule has 0 fully saturated rings. The lowest BCUT2D eigenvalue weighted by Gasteiger charge is -2.20. The molecule has 27 heavy (non-hydrogen) atoms. The summed E-state index contributed by atoms with van der Waals surface area (Å²) in [6, 6.07) is 13.8. The molecular weight excluding hydrogens is 336 g/mol. The van der Waals surface area contributed by atoms with Crippen molar-refractivity contribution in [2.24, 2.45) is 0 Å². The third-order valence-corrected chi connectivity index (χ3v) is 5.24. The molecule has 0 N–H and O–H groups in total. The SMILES string of the molecule is COc1cccc(C(C)CC(=O)c2ccc3c(c2)CCc2cnccc2-3)n1. The number of aryl methyl sites for hydroxylation is 2. The summed E-state index contributed by atoms with van der Waals surface area (Å²) in [7, 11) is 1.60. The number of rotatable bonds is 5. The summed E-state index contributed by atoms with van der Waals surface area (Å²) in [6.45, 7) is 2.03. The van der Waals surface area contributed by atoms with Crippen LogP contribution in [0.25, 0.3) is 11.1 Å². The van der Waals surface area contributed by atoms with Crippen molar-refractivity contribution in [3.05, 3.63) is 77.2 Å². The Morgan fingerprint density at radius 1 is 1.11 bits per heavy atom. The van der Waals surface area contributed by atoms with Gasteiger partial charge in [-0.15, -0.1) is 0 Å². The van der Waals surface area contributed by atoms with Crippen LogP contribution in [0.3, 0.4) is 0 Å². The Balaban J connectivity index is 1.55. The number of hydrogen-bond donors (Lipinski definition) is 0. The highest BCUT2D eigenvalue weighted by molar-refractivity contribution is 5.97. The van der Waals surface area contributed by atoms with Crippen molar-refractivity contribution in [2.45, 2.75) is 32.1 Å². The van der Waals surface area contributed by atoms with Gasteiger partial charge in [-0.2, -0.15) is 0 Å². The molecule has 0 spiro atoms. The average molecular weight is 358 g/mol. The van der Waals surface area contributed by atoms with Crippen LogP contribution < -0.4 is 4.74 Å². The molecule has 136 valence electrons. The molecule has 1 atom stereocenters. The molecule has 2 aromatic heterocycles. The average Bonchev–Trinajstić information content (AvgIpc) is 2.73. The van der Waals surface area contributed by atoms with Gasteiger partial charge in [0.1, 0.15) is 0 Å². The zero-order valence-electron chi connectivity index (χ0n) is 15.6. The van der Waals surface area contributed by atoms with E-state index in [9.17, 15) is 4.79 Å². The lowest BCUT2D eigenvalue weighted by molar-refractivity contribution is 0.0975. The minimum absolute atomic E-state index is 0.0374. The Kier molecular flexibility index (Phi) is 4.71. The van der Waals surface area contributed by atoms with Gasteiger partial charge in [0.2, 0.25) is 5.88 Å². The molecule has 1 aliphatic rings. The summed E-state index contributed by atoms with van der Waals surface area (Å²) in [4.78, 5) is 21.5. The van der Waals surface area contributed by atoms with Gasteiger partial charge in [-0.1, -0.05) is 25.1 Å². The number of ketones is 1. The molecule has 4 heteroatoms. The van der Waals surface area contributed by atoms with E-state index in [2.05, 4.69) is 28.2 Å². The third-order valence-electron chi connectivity index (χ3n) is 5.24. The van der Waals surface area contributed by atoms with Crippen LogP contribution in [0, 0.1) is 0 Å². The second-order valence-electron chi connectivity index (χ2n) is 7.04. The molecule has 1 unspecified atom stereocenters. The molecule has 0 amide bonds. The second-order valence-corrected chi connectivity index (χ2v) is 7.04. The molecule has 3 aromatic rings. The first-order valence-corrected chi connectivity index (χ1v) is 9.26. The molecule has 1 aromatic carbocycles. The van der Waals surface area contributed by atoms with Crippen LogP contribution in [0.15, 0.2) is 54.9 Å². The van der Waals surface area contributed by atoms with E-state index in [1.54, 1.807) is 7.11 Å². The molecule has 0 radical (unpaired) electrons. The van der Waals surface area contributed by atoms with E-state index in [1.807, 2.05) is 43.6 Å². The number of carbonyl (C=O) groups excluding carboxylic acids is 1. The number of ether oxygens (including phenoxy) is 1. The summed E-state index contributed by atoms with van der Waals surface area (Å²) in [5.74, 6) is 0.764. The Morgan fingerprint density at radius 2 is 1.93 bits per heavy atom. The van der Waals surface area contributed by atoms with Gasteiger partial charge in [-0.05, 0) is 53.3 Å². The predicted molar refractivity (Wildman–Crippen MR) is 105 cm³/mol. The fraction of sp³-hybridized carbons (Fsp3) is 0.261. The minimum Gasteiger partial charge on any atom is -0.481 e. The molecular formula is C23H22N2O2. The maximum atomic E-state index is 12.8. The maximum absolute atomic E-state index is 12.8. The standard InChI is InChI=1S/C23H22N2O2/c1-15(21-4-3-5-23(25-21)27-2)12-22(26)17-8-9-19-16(13-17)6-7-18-14-24-11-10-20(18)19/h3-5,8-11,13-15H,6-7,12H2,1-2H3. The summed E-state index contributed by atoms with van der Waals surface area (Å²) >= 11 is 0. The van der Waals surface area contributed by atoms with Crippen LogP contribution >= 0.6 is 0 Å². The van der Waals surface area contributed by atoms with Gasteiger partial charge in [0.25, 0.3) is 0 Å².